The van der Waals surface area contributed by atoms with Crippen molar-refractivity contribution in [2.75, 3.05) is 5.32 Å². The van der Waals surface area contributed by atoms with Crippen molar-refractivity contribution in [2.45, 2.75) is 39.7 Å². The second-order valence-electron chi connectivity index (χ2n) is 6.60. The molecule has 2 rings (SSSR count). The Morgan fingerprint density at radius 2 is 1.79 bits per heavy atom. The lowest BCUT2D eigenvalue weighted by Crippen LogP contribution is -2.40. The van der Waals surface area contributed by atoms with Gasteiger partial charge in [-0.2, -0.15) is 0 Å². The molecule has 0 aliphatic rings. The fourth-order valence-corrected chi connectivity index (χ4v) is 2.25. The fourth-order valence-electron chi connectivity index (χ4n) is 2.25. The van der Waals surface area contributed by atoms with E-state index in [1.54, 1.807) is 6.07 Å². The van der Waals surface area contributed by atoms with Gasteiger partial charge in [-0.1, -0.05) is 25.1 Å². The maximum absolute atomic E-state index is 12.4. The number of aromatic nitrogens is 1. The predicted octanol–water partition coefficient (Wildman–Crippen LogP) is 3.42. The molecule has 0 radical (unpaired) electrons. The number of nitrogens with zero attached hydrogens (tertiary/aromatic N) is 1. The smallest absolute Gasteiger partial charge is 0.274 e. The summed E-state index contributed by atoms with van der Waals surface area (Å²) in [5.74, 6) is -0.561. The lowest BCUT2D eigenvalue weighted by atomic mass is 10.1. The highest BCUT2D eigenvalue weighted by Gasteiger charge is 2.17. The van der Waals surface area contributed by atoms with Crippen LogP contribution in [0.4, 0.5) is 5.69 Å². The SMILES string of the molecule is CCc1ccccc1NC(=O)c1cc(C(=O)NC(C)(C)C)ccn1. The monoisotopic (exact) mass is 325 g/mol. The standard InChI is InChI=1S/C19H23N3O2/c1-5-13-8-6-7-9-15(13)21-18(24)16-12-14(10-11-20-16)17(23)22-19(2,3)4/h6-12H,5H2,1-4H3,(H,21,24)(H,22,23). The van der Waals surface area contributed by atoms with Crippen LogP contribution in [-0.4, -0.2) is 22.3 Å². The van der Waals surface area contributed by atoms with Crippen LogP contribution in [-0.2, 0) is 6.42 Å². The third kappa shape index (κ3) is 4.65. The number of aryl methyl sites for hydroxylation is 1. The third-order valence-electron chi connectivity index (χ3n) is 3.39. The molecule has 0 aliphatic heterocycles. The number of hydrogen-bond donors (Lipinski definition) is 2. The fraction of sp³-hybridized carbons (Fsp3) is 0.316. The number of para-hydroxylation sites is 1. The molecule has 126 valence electrons. The Balaban J connectivity index is 2.19. The van der Waals surface area contributed by atoms with Gasteiger partial charge in [0.25, 0.3) is 11.8 Å². The number of carbonyl (C=O) groups excluding carboxylic acids is 2. The zero-order chi connectivity index (χ0) is 17.7. The summed E-state index contributed by atoms with van der Waals surface area (Å²) >= 11 is 0. The Morgan fingerprint density at radius 1 is 1.08 bits per heavy atom. The summed E-state index contributed by atoms with van der Waals surface area (Å²) in [4.78, 5) is 28.7. The first-order valence-electron chi connectivity index (χ1n) is 7.98. The van der Waals surface area contributed by atoms with Gasteiger partial charge < -0.3 is 10.6 Å². The van der Waals surface area contributed by atoms with E-state index in [1.807, 2.05) is 52.0 Å². The van der Waals surface area contributed by atoms with Gasteiger partial charge in [0.1, 0.15) is 5.69 Å². The van der Waals surface area contributed by atoms with Gasteiger partial charge in [0, 0.05) is 23.0 Å². The molecule has 5 heteroatoms. The topological polar surface area (TPSA) is 71.1 Å². The predicted molar refractivity (Wildman–Crippen MR) is 95.2 cm³/mol. The number of anilines is 1. The summed E-state index contributed by atoms with van der Waals surface area (Å²) in [6.45, 7) is 7.74. The lowest BCUT2D eigenvalue weighted by Gasteiger charge is -2.20. The van der Waals surface area contributed by atoms with Crippen molar-refractivity contribution >= 4 is 17.5 Å². The number of rotatable bonds is 4. The van der Waals surface area contributed by atoms with Gasteiger partial charge in [-0.25, -0.2) is 0 Å². The molecule has 0 spiro atoms. The van der Waals surface area contributed by atoms with E-state index in [0.29, 0.717) is 5.56 Å². The van der Waals surface area contributed by atoms with Crippen LogP contribution in [0.25, 0.3) is 0 Å². The van der Waals surface area contributed by atoms with Crippen molar-refractivity contribution in [3.8, 4) is 0 Å². The second kappa shape index (κ2) is 7.25. The van der Waals surface area contributed by atoms with E-state index in [1.165, 1.54) is 12.3 Å². The summed E-state index contributed by atoms with van der Waals surface area (Å²) in [5.41, 5.74) is 2.09. The Hall–Kier alpha value is -2.69. The molecule has 0 bridgehead atoms. The van der Waals surface area contributed by atoms with Crippen molar-refractivity contribution in [2.24, 2.45) is 0 Å². The zero-order valence-corrected chi connectivity index (χ0v) is 14.5. The van der Waals surface area contributed by atoms with Crippen molar-refractivity contribution in [1.29, 1.82) is 0 Å². The highest BCUT2D eigenvalue weighted by molar-refractivity contribution is 6.05. The van der Waals surface area contributed by atoms with Crippen LogP contribution in [0.3, 0.4) is 0 Å². The molecule has 2 N–H and O–H groups in total. The van der Waals surface area contributed by atoms with E-state index in [4.69, 9.17) is 0 Å². The summed E-state index contributed by atoms with van der Waals surface area (Å²) in [6.07, 6.45) is 2.29. The van der Waals surface area contributed by atoms with Crippen LogP contribution >= 0.6 is 0 Å². The average molecular weight is 325 g/mol. The number of carbonyl (C=O) groups is 2. The molecule has 1 heterocycles. The number of benzene rings is 1. The quantitative estimate of drug-likeness (QED) is 0.905. The second-order valence-corrected chi connectivity index (χ2v) is 6.60. The van der Waals surface area contributed by atoms with E-state index in [0.717, 1.165) is 17.7 Å². The molecule has 0 atom stereocenters. The number of nitrogens with one attached hydrogen (secondary N) is 2. The van der Waals surface area contributed by atoms with Gasteiger partial charge in [-0.05, 0) is 51.0 Å². The molecular weight excluding hydrogens is 302 g/mol. The minimum absolute atomic E-state index is 0.211. The summed E-state index contributed by atoms with van der Waals surface area (Å²) in [7, 11) is 0. The molecule has 2 aromatic rings. The average Bonchev–Trinajstić information content (AvgIpc) is 2.54. The van der Waals surface area contributed by atoms with Crippen molar-refractivity contribution in [1.82, 2.24) is 10.3 Å². The van der Waals surface area contributed by atoms with Crippen LogP contribution in [0.1, 0.15) is 54.1 Å². The molecule has 2 amide bonds. The molecular formula is C19H23N3O2. The van der Waals surface area contributed by atoms with E-state index in [-0.39, 0.29) is 23.0 Å². The van der Waals surface area contributed by atoms with Gasteiger partial charge in [-0.3, -0.25) is 14.6 Å². The zero-order valence-electron chi connectivity index (χ0n) is 14.5. The first-order valence-corrected chi connectivity index (χ1v) is 7.98. The lowest BCUT2D eigenvalue weighted by molar-refractivity contribution is 0.0919. The van der Waals surface area contributed by atoms with Gasteiger partial charge in [-0.15, -0.1) is 0 Å². The van der Waals surface area contributed by atoms with Crippen LogP contribution in [0.15, 0.2) is 42.6 Å². The van der Waals surface area contributed by atoms with E-state index in [9.17, 15) is 9.59 Å². The van der Waals surface area contributed by atoms with Gasteiger partial charge in [0.15, 0.2) is 0 Å². The molecule has 0 fully saturated rings. The van der Waals surface area contributed by atoms with E-state index < -0.39 is 0 Å². The van der Waals surface area contributed by atoms with E-state index in [2.05, 4.69) is 15.6 Å². The first kappa shape index (κ1) is 17.7. The Morgan fingerprint density at radius 3 is 2.46 bits per heavy atom. The van der Waals surface area contributed by atoms with Gasteiger partial charge in [0.05, 0.1) is 0 Å². The number of pyridine rings is 1. The maximum atomic E-state index is 12.4. The Kier molecular flexibility index (Phi) is 5.34. The minimum Gasteiger partial charge on any atom is -0.347 e. The molecule has 1 aromatic heterocycles. The normalized spacial score (nSPS) is 11.0. The molecule has 0 unspecified atom stereocenters. The highest BCUT2D eigenvalue weighted by Crippen LogP contribution is 2.16. The van der Waals surface area contributed by atoms with Crippen LogP contribution < -0.4 is 10.6 Å². The van der Waals surface area contributed by atoms with Crippen molar-refractivity contribution in [3.63, 3.8) is 0 Å². The minimum atomic E-state index is -0.344. The van der Waals surface area contributed by atoms with Crippen LogP contribution in [0, 0.1) is 0 Å². The van der Waals surface area contributed by atoms with Crippen molar-refractivity contribution < 1.29 is 9.59 Å². The van der Waals surface area contributed by atoms with Gasteiger partial charge in [0.2, 0.25) is 0 Å². The molecule has 0 saturated carbocycles. The third-order valence-corrected chi connectivity index (χ3v) is 3.39. The van der Waals surface area contributed by atoms with Gasteiger partial charge >= 0.3 is 0 Å². The molecule has 1 aromatic carbocycles. The molecule has 0 saturated heterocycles. The number of hydrogen-bond acceptors (Lipinski definition) is 3. The summed E-state index contributed by atoms with van der Waals surface area (Å²) in [5, 5.41) is 5.73. The summed E-state index contributed by atoms with van der Waals surface area (Å²) in [6, 6.07) is 10.7. The largest absolute Gasteiger partial charge is 0.347 e. The maximum Gasteiger partial charge on any atom is 0.274 e. The molecule has 5 nitrogen and oxygen atoms in total. The summed E-state index contributed by atoms with van der Waals surface area (Å²) < 4.78 is 0. The Labute approximate surface area is 142 Å². The first-order chi connectivity index (χ1) is 11.3. The van der Waals surface area contributed by atoms with E-state index >= 15 is 0 Å². The van der Waals surface area contributed by atoms with Crippen LogP contribution in [0.2, 0.25) is 0 Å². The molecule has 0 aliphatic carbocycles. The van der Waals surface area contributed by atoms with Crippen molar-refractivity contribution in [3.05, 3.63) is 59.4 Å². The van der Waals surface area contributed by atoms with Crippen LogP contribution in [0.5, 0.6) is 0 Å². The number of amides is 2. The molecule has 24 heavy (non-hydrogen) atoms. The highest BCUT2D eigenvalue weighted by atomic mass is 16.2. The Bertz CT molecular complexity index is 748.